The monoisotopic (exact) mass is 288 g/mol. The van der Waals surface area contributed by atoms with E-state index >= 15 is 0 Å². The van der Waals surface area contributed by atoms with Crippen LogP contribution < -0.4 is 5.73 Å². The summed E-state index contributed by atoms with van der Waals surface area (Å²) in [7, 11) is 2.11. The molecule has 1 saturated carbocycles. The normalized spacial score (nSPS) is 22.0. The van der Waals surface area contributed by atoms with Gasteiger partial charge in [0.1, 0.15) is 5.82 Å². The number of nitrogens with zero attached hydrogens (tertiary/aromatic N) is 1. The number of rotatable bonds is 3. The zero-order valence-corrected chi connectivity index (χ0v) is 13.0. The lowest BCUT2D eigenvalue weighted by atomic mass is 9.85. The molecule has 0 aromatic heterocycles. The zero-order chi connectivity index (χ0) is 15.2. The Morgan fingerprint density at radius 1 is 1.33 bits per heavy atom. The molecule has 114 valence electrons. The molecule has 0 heterocycles. The van der Waals surface area contributed by atoms with Crippen molar-refractivity contribution in [2.75, 3.05) is 13.6 Å². The first-order valence-corrected chi connectivity index (χ1v) is 7.79. The van der Waals surface area contributed by atoms with Gasteiger partial charge in [-0.1, -0.05) is 37.7 Å². The van der Waals surface area contributed by atoms with Crippen LogP contribution in [0.1, 0.15) is 43.7 Å². The summed E-state index contributed by atoms with van der Waals surface area (Å²) in [5.41, 5.74) is 6.77. The lowest BCUT2D eigenvalue weighted by molar-refractivity contribution is 0.132. The summed E-state index contributed by atoms with van der Waals surface area (Å²) >= 11 is 0. The Labute approximate surface area is 127 Å². The summed E-state index contributed by atoms with van der Waals surface area (Å²) in [4.78, 5) is 2.30. The highest BCUT2D eigenvalue weighted by Crippen LogP contribution is 2.28. The second-order valence-electron chi connectivity index (χ2n) is 6.06. The maximum atomic E-state index is 14.2. The Morgan fingerprint density at radius 3 is 2.76 bits per heavy atom. The van der Waals surface area contributed by atoms with Gasteiger partial charge in [-0.15, -0.1) is 0 Å². The van der Waals surface area contributed by atoms with Crippen LogP contribution in [0.3, 0.4) is 0 Å². The van der Waals surface area contributed by atoms with Crippen LogP contribution in [-0.2, 0) is 6.54 Å². The summed E-state index contributed by atoms with van der Waals surface area (Å²) in [6.07, 6.45) is 5.12. The second-order valence-corrected chi connectivity index (χ2v) is 6.06. The highest BCUT2D eigenvalue weighted by Gasteiger charge is 2.25. The van der Waals surface area contributed by atoms with Crippen molar-refractivity contribution >= 4 is 0 Å². The van der Waals surface area contributed by atoms with Gasteiger partial charge in [0.05, 0.1) is 6.54 Å². The molecule has 0 amide bonds. The van der Waals surface area contributed by atoms with E-state index in [1.54, 1.807) is 0 Å². The van der Waals surface area contributed by atoms with Crippen molar-refractivity contribution in [2.45, 2.75) is 45.2 Å². The van der Waals surface area contributed by atoms with E-state index in [-0.39, 0.29) is 5.82 Å². The summed E-state index contributed by atoms with van der Waals surface area (Å²) in [5, 5.41) is 0. The third-order valence-corrected chi connectivity index (χ3v) is 4.44. The Morgan fingerprint density at radius 2 is 2.10 bits per heavy atom. The zero-order valence-electron chi connectivity index (χ0n) is 13.0. The Kier molecular flexibility index (Phi) is 5.78. The molecule has 0 radical (unpaired) electrons. The van der Waals surface area contributed by atoms with Crippen LogP contribution in [0.25, 0.3) is 0 Å². The summed E-state index contributed by atoms with van der Waals surface area (Å²) in [5.74, 6) is 6.14. The molecule has 1 aliphatic carbocycles. The van der Waals surface area contributed by atoms with Crippen LogP contribution in [0, 0.1) is 23.6 Å². The van der Waals surface area contributed by atoms with Crippen LogP contribution in [0.4, 0.5) is 4.39 Å². The van der Waals surface area contributed by atoms with Crippen LogP contribution in [0.15, 0.2) is 18.2 Å². The highest BCUT2D eigenvalue weighted by molar-refractivity contribution is 5.37. The van der Waals surface area contributed by atoms with Crippen molar-refractivity contribution in [1.29, 1.82) is 0 Å². The second kappa shape index (κ2) is 7.59. The minimum Gasteiger partial charge on any atom is -0.320 e. The molecule has 2 atom stereocenters. The van der Waals surface area contributed by atoms with Gasteiger partial charge in [-0.2, -0.15) is 0 Å². The average Bonchev–Trinajstić information content (AvgIpc) is 2.48. The summed E-state index contributed by atoms with van der Waals surface area (Å²) in [6.45, 7) is 3.26. The molecule has 1 fully saturated rings. The van der Waals surface area contributed by atoms with E-state index in [2.05, 4.69) is 30.7 Å². The third-order valence-electron chi connectivity index (χ3n) is 4.44. The fourth-order valence-electron chi connectivity index (χ4n) is 3.24. The largest absolute Gasteiger partial charge is 0.320 e. The minimum atomic E-state index is -0.172. The van der Waals surface area contributed by atoms with E-state index in [1.165, 1.54) is 31.7 Å². The van der Waals surface area contributed by atoms with Gasteiger partial charge in [0.15, 0.2) is 0 Å². The Bertz CT molecular complexity index is 530. The Hall–Kier alpha value is -1.37. The van der Waals surface area contributed by atoms with E-state index in [0.717, 1.165) is 5.56 Å². The van der Waals surface area contributed by atoms with E-state index in [9.17, 15) is 4.39 Å². The van der Waals surface area contributed by atoms with Gasteiger partial charge in [-0.3, -0.25) is 4.90 Å². The minimum absolute atomic E-state index is 0.172. The van der Waals surface area contributed by atoms with Gasteiger partial charge in [-0.05, 0) is 37.9 Å². The van der Waals surface area contributed by atoms with Crippen molar-refractivity contribution in [2.24, 2.45) is 11.7 Å². The van der Waals surface area contributed by atoms with Crippen LogP contribution in [0.5, 0.6) is 0 Å². The van der Waals surface area contributed by atoms with Gasteiger partial charge in [0, 0.05) is 23.7 Å². The molecular weight excluding hydrogens is 263 g/mol. The maximum Gasteiger partial charge on any atom is 0.128 e. The molecule has 0 bridgehead atoms. The van der Waals surface area contributed by atoms with Crippen molar-refractivity contribution in [3.05, 3.63) is 35.1 Å². The molecule has 0 aliphatic heterocycles. The van der Waals surface area contributed by atoms with Crippen LogP contribution in [0.2, 0.25) is 0 Å². The first-order chi connectivity index (χ1) is 10.1. The smallest absolute Gasteiger partial charge is 0.128 e. The predicted molar refractivity (Wildman–Crippen MR) is 85.2 cm³/mol. The van der Waals surface area contributed by atoms with Gasteiger partial charge in [0.25, 0.3) is 0 Å². The van der Waals surface area contributed by atoms with Gasteiger partial charge < -0.3 is 5.73 Å². The van der Waals surface area contributed by atoms with Crippen molar-refractivity contribution in [3.63, 3.8) is 0 Å². The number of hydrogen-bond donors (Lipinski definition) is 1. The number of hydrogen-bond acceptors (Lipinski definition) is 2. The predicted octanol–water partition coefficient (Wildman–Crippen LogP) is 3.15. The lowest BCUT2D eigenvalue weighted by Crippen LogP contribution is -2.38. The van der Waals surface area contributed by atoms with E-state index in [1.807, 2.05) is 12.1 Å². The quantitative estimate of drug-likeness (QED) is 0.866. The first-order valence-electron chi connectivity index (χ1n) is 7.79. The number of benzene rings is 1. The van der Waals surface area contributed by atoms with Gasteiger partial charge in [-0.25, -0.2) is 4.39 Å². The fourth-order valence-corrected chi connectivity index (χ4v) is 3.24. The molecule has 0 saturated heterocycles. The van der Waals surface area contributed by atoms with Gasteiger partial charge in [0.2, 0.25) is 0 Å². The number of halogens is 1. The number of nitrogens with two attached hydrogens (primary N) is 1. The van der Waals surface area contributed by atoms with Crippen LogP contribution in [-0.4, -0.2) is 24.5 Å². The molecule has 3 heteroatoms. The Balaban J connectivity index is 2.05. The van der Waals surface area contributed by atoms with Crippen LogP contribution >= 0.6 is 0 Å². The van der Waals surface area contributed by atoms with Gasteiger partial charge >= 0.3 is 0 Å². The molecule has 2 N–H and O–H groups in total. The SMILES string of the molecule is CC1CCCCC1N(C)Cc1ccc(C#CCN)cc1F. The van der Waals surface area contributed by atoms with E-state index < -0.39 is 0 Å². The van der Waals surface area contributed by atoms with Crippen molar-refractivity contribution in [1.82, 2.24) is 4.90 Å². The molecule has 1 aromatic carbocycles. The molecule has 2 rings (SSSR count). The standard InChI is InChI=1S/C18H25FN2/c1-14-6-3-4-8-18(14)21(2)13-16-10-9-15(7-5-11-20)12-17(16)19/h9-10,12,14,18H,3-4,6,8,11,13,20H2,1-2H3. The first kappa shape index (κ1) is 16.0. The molecular formula is C18H25FN2. The maximum absolute atomic E-state index is 14.2. The van der Waals surface area contributed by atoms with Crippen molar-refractivity contribution in [3.8, 4) is 11.8 Å². The highest BCUT2D eigenvalue weighted by atomic mass is 19.1. The average molecular weight is 288 g/mol. The van der Waals surface area contributed by atoms with E-state index in [0.29, 0.717) is 30.6 Å². The molecule has 1 aliphatic rings. The topological polar surface area (TPSA) is 29.3 Å². The third kappa shape index (κ3) is 4.30. The lowest BCUT2D eigenvalue weighted by Gasteiger charge is -2.36. The summed E-state index contributed by atoms with van der Waals surface area (Å²) < 4.78 is 14.2. The molecule has 0 spiro atoms. The molecule has 1 aromatic rings. The molecule has 2 nitrogen and oxygen atoms in total. The molecule has 21 heavy (non-hydrogen) atoms. The van der Waals surface area contributed by atoms with E-state index in [4.69, 9.17) is 5.73 Å². The fraction of sp³-hybridized carbons (Fsp3) is 0.556. The van der Waals surface area contributed by atoms with Crippen molar-refractivity contribution < 1.29 is 4.39 Å². The summed E-state index contributed by atoms with van der Waals surface area (Å²) in [6, 6.07) is 5.80. The molecule has 2 unspecified atom stereocenters.